The zero-order chi connectivity index (χ0) is 13.3. The van der Waals surface area contributed by atoms with Gasteiger partial charge in [0.2, 0.25) is 0 Å². The van der Waals surface area contributed by atoms with E-state index >= 15 is 0 Å². The van der Waals surface area contributed by atoms with E-state index in [0.717, 1.165) is 24.3 Å². The first-order valence-electron chi connectivity index (χ1n) is 4.13. The van der Waals surface area contributed by atoms with E-state index in [1.807, 2.05) is 5.16 Å². The predicted molar refractivity (Wildman–Crippen MR) is 50.8 cm³/mol. The van der Waals surface area contributed by atoms with E-state index in [9.17, 15) is 22.0 Å². The summed E-state index contributed by atoms with van der Waals surface area (Å²) in [6, 6.07) is 4.01. The highest BCUT2D eigenvalue weighted by molar-refractivity contribution is 6.30. The van der Waals surface area contributed by atoms with E-state index in [2.05, 4.69) is 0 Å². The third-order valence-electron chi connectivity index (χ3n) is 1.87. The lowest BCUT2D eigenvalue weighted by Crippen LogP contribution is -2.44. The van der Waals surface area contributed by atoms with Crippen LogP contribution in [0.15, 0.2) is 29.4 Å². The molecule has 1 aromatic rings. The Morgan fingerprint density at radius 2 is 1.53 bits per heavy atom. The van der Waals surface area contributed by atoms with Crippen LogP contribution < -0.4 is 0 Å². The molecule has 0 saturated carbocycles. The maximum atomic E-state index is 12.9. The van der Waals surface area contributed by atoms with Gasteiger partial charge >= 0.3 is 12.1 Å². The minimum atomic E-state index is -5.84. The maximum absolute atomic E-state index is 12.9. The first-order valence-corrected chi connectivity index (χ1v) is 4.51. The van der Waals surface area contributed by atoms with Gasteiger partial charge in [-0.15, -0.1) is 0 Å². The minimum absolute atomic E-state index is 0.154. The van der Waals surface area contributed by atoms with Crippen molar-refractivity contribution in [3.05, 3.63) is 34.9 Å². The average molecular weight is 274 g/mol. The van der Waals surface area contributed by atoms with E-state index in [1.165, 1.54) is 0 Å². The highest BCUT2D eigenvalue weighted by atomic mass is 35.5. The standard InChI is InChI=1S/C9H5ClF5NO/c10-6-3-1-5(2-4-6)7(16-17)8(11,12)9(13,14)15/h1-4,17H. The fourth-order valence-corrected chi connectivity index (χ4v) is 1.17. The molecule has 0 heterocycles. The van der Waals surface area contributed by atoms with Crippen molar-refractivity contribution >= 4 is 17.3 Å². The van der Waals surface area contributed by atoms with Gasteiger partial charge in [0, 0.05) is 10.6 Å². The van der Waals surface area contributed by atoms with Gasteiger partial charge in [-0.25, -0.2) is 0 Å². The predicted octanol–water partition coefficient (Wildman–Crippen LogP) is 3.72. The molecule has 0 aliphatic heterocycles. The summed E-state index contributed by atoms with van der Waals surface area (Å²) in [6.07, 6.45) is -5.84. The van der Waals surface area contributed by atoms with Gasteiger partial charge in [-0.2, -0.15) is 22.0 Å². The van der Waals surface area contributed by atoms with Crippen molar-refractivity contribution in [3.63, 3.8) is 0 Å². The van der Waals surface area contributed by atoms with Gasteiger partial charge in [0.05, 0.1) is 0 Å². The van der Waals surface area contributed by atoms with E-state index in [-0.39, 0.29) is 5.02 Å². The highest BCUT2D eigenvalue weighted by Crippen LogP contribution is 2.38. The van der Waals surface area contributed by atoms with Gasteiger partial charge < -0.3 is 5.21 Å². The summed E-state index contributed by atoms with van der Waals surface area (Å²) in [5, 5.41) is 10.5. The molecule has 0 spiro atoms. The number of alkyl halides is 5. The topological polar surface area (TPSA) is 32.6 Å². The van der Waals surface area contributed by atoms with Crippen LogP contribution in [0.4, 0.5) is 22.0 Å². The molecule has 17 heavy (non-hydrogen) atoms. The largest absolute Gasteiger partial charge is 0.459 e. The molecule has 0 atom stereocenters. The van der Waals surface area contributed by atoms with Gasteiger partial charge in [-0.3, -0.25) is 0 Å². The molecule has 0 fully saturated rings. The van der Waals surface area contributed by atoms with Crippen molar-refractivity contribution < 1.29 is 27.2 Å². The minimum Gasteiger partial charge on any atom is -0.410 e. The smallest absolute Gasteiger partial charge is 0.410 e. The molecule has 0 amide bonds. The summed E-state index contributed by atoms with van der Waals surface area (Å²) in [7, 11) is 0. The summed E-state index contributed by atoms with van der Waals surface area (Å²) in [5.74, 6) is -5.24. The van der Waals surface area contributed by atoms with Crippen molar-refractivity contribution in [2.75, 3.05) is 0 Å². The van der Waals surface area contributed by atoms with Gasteiger partial charge in [0.1, 0.15) is 0 Å². The van der Waals surface area contributed by atoms with E-state index in [4.69, 9.17) is 16.8 Å². The first-order chi connectivity index (χ1) is 7.70. The van der Waals surface area contributed by atoms with Crippen molar-refractivity contribution in [1.82, 2.24) is 0 Å². The highest BCUT2D eigenvalue weighted by Gasteiger charge is 2.62. The fraction of sp³-hybridized carbons (Fsp3) is 0.222. The Morgan fingerprint density at radius 3 is 1.88 bits per heavy atom. The third kappa shape index (κ3) is 2.66. The molecule has 1 N–H and O–H groups in total. The van der Waals surface area contributed by atoms with Gasteiger partial charge in [-0.1, -0.05) is 28.9 Å². The molecule has 0 bridgehead atoms. The molecular weight excluding hydrogens is 269 g/mol. The molecule has 0 unspecified atom stereocenters. The number of hydrogen-bond donors (Lipinski definition) is 1. The Bertz CT molecular complexity index is 426. The summed E-state index contributed by atoms with van der Waals surface area (Å²) < 4.78 is 62.1. The van der Waals surface area contributed by atoms with Crippen LogP contribution >= 0.6 is 11.6 Å². The second kappa shape index (κ2) is 4.48. The normalized spacial score (nSPS) is 13.9. The Morgan fingerprint density at radius 1 is 1.06 bits per heavy atom. The van der Waals surface area contributed by atoms with E-state index < -0.39 is 23.4 Å². The second-order valence-electron chi connectivity index (χ2n) is 3.03. The summed E-state index contributed by atoms with van der Waals surface area (Å²) in [6.45, 7) is 0. The zero-order valence-corrected chi connectivity index (χ0v) is 8.73. The number of rotatable bonds is 2. The van der Waals surface area contributed by atoms with Crippen LogP contribution in [0.25, 0.3) is 0 Å². The van der Waals surface area contributed by atoms with Crippen LogP contribution in [-0.4, -0.2) is 23.0 Å². The van der Waals surface area contributed by atoms with Crippen LogP contribution in [0, 0.1) is 0 Å². The number of oxime groups is 1. The van der Waals surface area contributed by atoms with Crippen LogP contribution in [0.3, 0.4) is 0 Å². The van der Waals surface area contributed by atoms with Crippen molar-refractivity contribution in [2.45, 2.75) is 12.1 Å². The molecule has 0 aliphatic rings. The SMILES string of the molecule is ON=C(c1ccc(Cl)cc1)C(F)(F)C(F)(F)F. The van der Waals surface area contributed by atoms with Crippen LogP contribution in [0.5, 0.6) is 0 Å². The fourth-order valence-electron chi connectivity index (χ4n) is 1.04. The first kappa shape index (κ1) is 13.7. The van der Waals surface area contributed by atoms with E-state index in [0.29, 0.717) is 0 Å². The lowest BCUT2D eigenvalue weighted by atomic mass is 10.0. The summed E-state index contributed by atoms with van der Waals surface area (Å²) >= 11 is 5.45. The Labute approximate surface area is 97.3 Å². The molecular formula is C9H5ClF5NO. The number of nitrogens with zero attached hydrogens (tertiary/aromatic N) is 1. The van der Waals surface area contributed by atoms with Crippen molar-refractivity contribution in [1.29, 1.82) is 0 Å². The molecule has 94 valence electrons. The molecule has 1 aromatic carbocycles. The molecule has 2 nitrogen and oxygen atoms in total. The molecule has 0 aliphatic carbocycles. The lowest BCUT2D eigenvalue weighted by molar-refractivity contribution is -0.249. The molecule has 1 rings (SSSR count). The quantitative estimate of drug-likeness (QED) is 0.379. The van der Waals surface area contributed by atoms with Gasteiger partial charge in [-0.05, 0) is 12.1 Å². The van der Waals surface area contributed by atoms with Gasteiger partial charge in [0.25, 0.3) is 0 Å². The van der Waals surface area contributed by atoms with Gasteiger partial charge in [0.15, 0.2) is 5.71 Å². The lowest BCUT2D eigenvalue weighted by Gasteiger charge is -2.20. The van der Waals surface area contributed by atoms with Crippen LogP contribution in [-0.2, 0) is 0 Å². The zero-order valence-electron chi connectivity index (χ0n) is 7.97. The summed E-state index contributed by atoms with van der Waals surface area (Å²) in [4.78, 5) is 0. The molecule has 8 heteroatoms. The monoisotopic (exact) mass is 273 g/mol. The maximum Gasteiger partial charge on any atom is 0.459 e. The Hall–Kier alpha value is -1.37. The summed E-state index contributed by atoms with van der Waals surface area (Å²) in [5.41, 5.74) is -2.35. The second-order valence-corrected chi connectivity index (χ2v) is 3.46. The third-order valence-corrected chi connectivity index (χ3v) is 2.12. The van der Waals surface area contributed by atoms with Crippen LogP contribution in [0.1, 0.15) is 5.56 Å². The molecule has 0 radical (unpaired) electrons. The molecule has 0 aromatic heterocycles. The Balaban J connectivity index is 3.22. The van der Waals surface area contributed by atoms with E-state index in [1.54, 1.807) is 0 Å². The number of halogens is 6. The number of benzene rings is 1. The Kier molecular flexibility index (Phi) is 3.61. The van der Waals surface area contributed by atoms with Crippen LogP contribution in [0.2, 0.25) is 5.02 Å². The number of hydrogen-bond acceptors (Lipinski definition) is 2. The van der Waals surface area contributed by atoms with Crippen molar-refractivity contribution in [2.24, 2.45) is 5.16 Å². The molecule has 0 saturated heterocycles. The average Bonchev–Trinajstić information content (AvgIpc) is 2.20. The van der Waals surface area contributed by atoms with Crippen molar-refractivity contribution in [3.8, 4) is 0 Å².